The fourth-order valence-electron chi connectivity index (χ4n) is 19.0. The molecule has 18 nitrogen and oxygen atoms in total. The van der Waals surface area contributed by atoms with Crippen LogP contribution < -0.4 is 37.9 Å². The van der Waals surface area contributed by atoms with E-state index in [2.05, 4.69) is 188 Å². The molecule has 4 aromatic heterocycles. The minimum atomic E-state index is -0.492. The van der Waals surface area contributed by atoms with Crippen LogP contribution in [0, 0.1) is 69.5 Å². The van der Waals surface area contributed by atoms with E-state index in [0.29, 0.717) is 122 Å². The monoisotopic (exact) mass is 1600 g/mol. The number of methoxy groups -OCH3 is 4. The van der Waals surface area contributed by atoms with E-state index in [1.807, 2.05) is 60.7 Å². The van der Waals surface area contributed by atoms with E-state index >= 15 is 0 Å². The molecule has 4 aliphatic rings. The molecule has 14 rings (SSSR count). The van der Waals surface area contributed by atoms with Gasteiger partial charge in [-0.15, -0.1) is 0 Å². The molecule has 4 heterocycles. The topological polar surface area (TPSA) is 179 Å². The zero-order valence-corrected chi connectivity index (χ0v) is 73.6. The highest BCUT2D eigenvalue weighted by Gasteiger charge is 2.44. The Morgan fingerprint density at radius 2 is 0.713 bits per heavy atom. The summed E-state index contributed by atoms with van der Waals surface area (Å²) in [6.07, 6.45) is 20.6. The predicted octanol–water partition coefficient (Wildman–Crippen LogP) is 23.4. The molecule has 115 heavy (non-hydrogen) atoms. The standard InChI is InChI=1S/C26H32N2O3.C25H30N2O2S.C22H30N2O3.C22H30N2O2S/c1-16(2)18-12-11-17-13-23(22(30-6)14-19(17)24(18)26(3,4)5)31-25(29)28-15-27-20-9-7-8-10-21(20)28;1-15(2)18-11-10-17-12-23(22(28-5)13-19(17)24(18)16(3)4)29-25(30)27-14-26-20-8-6-7-9-21(20)27;1-14(2)16-8-7-15-11-19(27-21(25)24-10-9-23-13-24)18(26-6)12-17(15)20(16)22(3,4)5;1-14(2)16-8-7-15-11-19(26-21(27)24-10-9-23-13-24)18(25-6)12-17(15)20(16)22(3,4)5/h7-10,13-16,18,24H,11-12H2,1-6H3;6-9,12-16,18,24H,10-11H2,1-5H3;2*9-14,16,20H,7-8H2,1-6H3. The van der Waals surface area contributed by atoms with Crippen molar-refractivity contribution in [2.75, 3.05) is 28.4 Å². The number of rotatable bonds is 13. The first-order valence-electron chi connectivity index (χ1n) is 41.1. The molecule has 0 N–H and O–H groups in total. The first-order valence-corrected chi connectivity index (χ1v) is 41.9. The number of carbonyl (C=O) groups is 2. The van der Waals surface area contributed by atoms with E-state index < -0.39 is 12.2 Å². The molecule has 20 heteroatoms. The summed E-state index contributed by atoms with van der Waals surface area (Å²) in [7, 11) is 6.62. The van der Waals surface area contributed by atoms with E-state index in [4.69, 9.17) is 62.3 Å². The van der Waals surface area contributed by atoms with E-state index in [9.17, 15) is 9.59 Å². The van der Waals surface area contributed by atoms with E-state index in [1.165, 1.54) is 79.1 Å². The number of aryl methyl sites for hydroxylation is 4. The SMILES string of the molecule is COc1cc2c(cc1OC(=O)n1ccnc1)CCC(C(C)C)C2C(C)(C)C.COc1cc2c(cc1OC(=O)n1cnc3ccccc31)CCC(C(C)C)C2C(C)(C)C.COc1cc2c(cc1OC(=S)n1ccnc1)CCC(C(C)C)C2C(C)(C)C.COc1cc2c(cc1OC(=S)n1cnc3ccccc31)CCC(C(C)C)C2C(C)C. The number of imidazole rings is 4. The van der Waals surface area contributed by atoms with Gasteiger partial charge in [0.2, 0.25) is 0 Å². The van der Waals surface area contributed by atoms with Gasteiger partial charge in [-0.25, -0.2) is 38.7 Å². The maximum absolute atomic E-state index is 12.9. The van der Waals surface area contributed by atoms with Crippen LogP contribution in [0.2, 0.25) is 0 Å². The summed E-state index contributed by atoms with van der Waals surface area (Å²) in [4.78, 5) is 41.9. The smallest absolute Gasteiger partial charge is 0.425 e. The summed E-state index contributed by atoms with van der Waals surface area (Å²) in [6.45, 7) is 44.1. The molecule has 6 aromatic carbocycles. The van der Waals surface area contributed by atoms with Gasteiger partial charge in [0, 0.05) is 24.8 Å². The molecule has 10 aromatic rings. The van der Waals surface area contributed by atoms with Crippen LogP contribution in [0.5, 0.6) is 46.0 Å². The quantitative estimate of drug-likeness (QED) is 0.0994. The number of aromatic nitrogens is 8. The summed E-state index contributed by atoms with van der Waals surface area (Å²) in [6, 6.07) is 32.1. The summed E-state index contributed by atoms with van der Waals surface area (Å²) in [5.41, 5.74) is 14.4. The van der Waals surface area contributed by atoms with Gasteiger partial charge in [0.1, 0.15) is 25.3 Å². The number of fused-ring (bicyclic) bond motifs is 6. The van der Waals surface area contributed by atoms with Crippen molar-refractivity contribution in [3.05, 3.63) is 192 Å². The number of benzene rings is 6. The Morgan fingerprint density at radius 3 is 1.08 bits per heavy atom. The van der Waals surface area contributed by atoms with Crippen LogP contribution in [0.3, 0.4) is 0 Å². The Balaban J connectivity index is 0.000000151. The fourth-order valence-corrected chi connectivity index (χ4v) is 19.4. The molecule has 8 unspecified atom stereocenters. The van der Waals surface area contributed by atoms with Crippen LogP contribution in [0.25, 0.3) is 22.1 Å². The third kappa shape index (κ3) is 19.3. The molecule has 0 fully saturated rings. The largest absolute Gasteiger partial charge is 0.493 e. The molecule has 0 amide bonds. The average Bonchev–Trinajstić information content (AvgIpc) is 1.44. The zero-order valence-electron chi connectivity index (χ0n) is 72.0. The number of thiocarbonyl (C=S) groups is 2. The van der Waals surface area contributed by atoms with Crippen molar-refractivity contribution in [2.24, 2.45) is 69.5 Å². The van der Waals surface area contributed by atoms with Gasteiger partial charge in [-0.1, -0.05) is 156 Å². The molecule has 0 saturated heterocycles. The normalized spacial score (nSPS) is 19.2. The molecular weight excluding hydrogens is 1480 g/mol. The van der Waals surface area contributed by atoms with Crippen molar-refractivity contribution >= 4 is 69.0 Å². The van der Waals surface area contributed by atoms with Gasteiger partial charge in [0.05, 0.1) is 50.5 Å². The molecule has 0 radical (unpaired) electrons. The lowest BCUT2D eigenvalue weighted by Crippen LogP contribution is -2.33. The van der Waals surface area contributed by atoms with Gasteiger partial charge >= 0.3 is 12.2 Å². The number of hydrogen-bond donors (Lipinski definition) is 0. The maximum Gasteiger partial charge on any atom is 0.425 e. The highest BCUT2D eigenvalue weighted by molar-refractivity contribution is 7.80. The average molecular weight is 1600 g/mol. The van der Waals surface area contributed by atoms with Crippen LogP contribution in [0.1, 0.15) is 225 Å². The van der Waals surface area contributed by atoms with E-state index in [1.54, 1.807) is 75.0 Å². The molecule has 0 saturated carbocycles. The van der Waals surface area contributed by atoms with Gasteiger partial charge in [-0.2, -0.15) is 0 Å². The number of ether oxygens (including phenoxy) is 8. The second kappa shape index (κ2) is 36.4. The van der Waals surface area contributed by atoms with Crippen molar-refractivity contribution < 1.29 is 47.5 Å². The lowest BCUT2D eigenvalue weighted by molar-refractivity contribution is 0.169. The minimum absolute atomic E-state index is 0.128. The van der Waals surface area contributed by atoms with Gasteiger partial charge in [-0.05, 0) is 286 Å². The lowest BCUT2D eigenvalue weighted by Gasteiger charge is -2.44. The Hall–Kier alpha value is -9.40. The van der Waals surface area contributed by atoms with Crippen molar-refractivity contribution in [1.29, 1.82) is 0 Å². The van der Waals surface area contributed by atoms with Gasteiger partial charge in [-0.3, -0.25) is 9.13 Å². The van der Waals surface area contributed by atoms with E-state index in [-0.39, 0.29) is 16.2 Å². The number of para-hydroxylation sites is 4. The first kappa shape index (κ1) is 86.5. The molecule has 0 aliphatic heterocycles. The lowest BCUT2D eigenvalue weighted by atomic mass is 9.61. The Bertz CT molecular complexity index is 4900. The van der Waals surface area contributed by atoms with E-state index in [0.717, 1.165) is 72.1 Å². The second-order valence-corrected chi connectivity index (χ2v) is 37.2. The van der Waals surface area contributed by atoms with Gasteiger partial charge in [0.15, 0.2) is 46.0 Å². The van der Waals surface area contributed by atoms with Crippen LogP contribution in [0.15, 0.2) is 147 Å². The molecule has 0 bridgehead atoms. The Morgan fingerprint density at radius 1 is 0.383 bits per heavy atom. The Kier molecular flexibility index (Phi) is 27.4. The molecular formula is C95H122N8O10S2. The van der Waals surface area contributed by atoms with Gasteiger partial charge in [0.25, 0.3) is 10.3 Å². The Labute approximate surface area is 692 Å². The maximum atomic E-state index is 12.9. The summed E-state index contributed by atoms with van der Waals surface area (Å²) in [5.74, 6) is 12.5. The van der Waals surface area contributed by atoms with Crippen molar-refractivity contribution in [3.63, 3.8) is 0 Å². The van der Waals surface area contributed by atoms with Crippen LogP contribution in [-0.2, 0) is 25.7 Å². The van der Waals surface area contributed by atoms with Crippen LogP contribution in [0.4, 0.5) is 9.59 Å². The number of hydrogen-bond acceptors (Lipinski definition) is 16. The summed E-state index contributed by atoms with van der Waals surface area (Å²) < 4.78 is 52.4. The second-order valence-electron chi connectivity index (χ2n) is 36.5. The highest BCUT2D eigenvalue weighted by atomic mass is 32.1. The number of carbonyl (C=O) groups excluding carboxylic acids is 2. The predicted molar refractivity (Wildman–Crippen MR) is 467 cm³/mol. The van der Waals surface area contributed by atoms with Gasteiger partial charge < -0.3 is 37.9 Å². The summed E-state index contributed by atoms with van der Waals surface area (Å²) in [5, 5.41) is 0.687. The van der Waals surface area contributed by atoms with Crippen LogP contribution in [-0.4, -0.2) is 89.2 Å². The van der Waals surface area contributed by atoms with Crippen molar-refractivity contribution in [1.82, 2.24) is 38.2 Å². The molecule has 614 valence electrons. The summed E-state index contributed by atoms with van der Waals surface area (Å²) >= 11 is 11.0. The van der Waals surface area contributed by atoms with Crippen LogP contribution >= 0.6 is 24.4 Å². The number of nitrogens with zero attached hydrogens (tertiary/aromatic N) is 8. The third-order valence-corrected chi connectivity index (χ3v) is 24.8. The molecule has 4 aliphatic carbocycles. The van der Waals surface area contributed by atoms with Crippen molar-refractivity contribution in [3.8, 4) is 46.0 Å². The van der Waals surface area contributed by atoms with Crippen molar-refractivity contribution in [2.45, 2.75) is 207 Å². The highest BCUT2D eigenvalue weighted by Crippen LogP contribution is 2.56. The zero-order chi connectivity index (χ0) is 83.3. The first-order chi connectivity index (χ1) is 54.5. The fraction of sp³-hybridized carbons (Fsp3) is 0.495. The third-order valence-electron chi connectivity index (χ3n) is 24.3. The minimum Gasteiger partial charge on any atom is -0.493 e. The molecule has 0 spiro atoms. The molecule has 8 atom stereocenters.